The minimum absolute atomic E-state index is 0.155. The Kier molecular flexibility index (Phi) is 7.59. The van der Waals surface area contributed by atoms with Crippen molar-refractivity contribution in [3.63, 3.8) is 0 Å². The molecule has 32 heavy (non-hydrogen) atoms. The number of aryl methyl sites for hydroxylation is 2. The molecule has 0 fully saturated rings. The number of nitrogens with zero attached hydrogens (tertiary/aromatic N) is 1. The molecule has 3 aromatic rings. The van der Waals surface area contributed by atoms with Gasteiger partial charge < -0.3 is 14.2 Å². The van der Waals surface area contributed by atoms with Crippen molar-refractivity contribution in [2.45, 2.75) is 13.8 Å². The maximum atomic E-state index is 12.3. The van der Waals surface area contributed by atoms with Crippen LogP contribution in [0.5, 0.6) is 17.2 Å². The van der Waals surface area contributed by atoms with Gasteiger partial charge in [0.2, 0.25) is 0 Å². The second-order valence-corrected chi connectivity index (χ2v) is 7.06. The molecular weight excluding hydrogens is 408 g/mol. The average Bonchev–Trinajstić information content (AvgIpc) is 2.79. The fraction of sp³-hybridized carbons (Fsp3) is 0.160. The van der Waals surface area contributed by atoms with Crippen LogP contribution in [0.25, 0.3) is 0 Å². The molecule has 1 N–H and O–H groups in total. The van der Waals surface area contributed by atoms with Crippen molar-refractivity contribution in [2.75, 3.05) is 13.7 Å². The minimum Gasteiger partial charge on any atom is -0.493 e. The van der Waals surface area contributed by atoms with Gasteiger partial charge in [-0.25, -0.2) is 10.2 Å². The highest BCUT2D eigenvalue weighted by atomic mass is 16.6. The van der Waals surface area contributed by atoms with Crippen LogP contribution < -0.4 is 19.6 Å². The molecule has 0 spiro atoms. The molecule has 7 heteroatoms. The van der Waals surface area contributed by atoms with Crippen LogP contribution in [-0.2, 0) is 4.79 Å². The zero-order valence-corrected chi connectivity index (χ0v) is 18.1. The minimum atomic E-state index is -0.481. The molecular formula is C25H24N2O5. The lowest BCUT2D eigenvalue weighted by Gasteiger charge is -2.10. The third kappa shape index (κ3) is 6.43. The fourth-order valence-electron chi connectivity index (χ4n) is 2.76. The summed E-state index contributed by atoms with van der Waals surface area (Å²) in [4.78, 5) is 24.3. The number of esters is 1. The summed E-state index contributed by atoms with van der Waals surface area (Å²) < 4.78 is 16.2. The lowest BCUT2D eigenvalue weighted by molar-refractivity contribution is -0.123. The van der Waals surface area contributed by atoms with Gasteiger partial charge in [-0.1, -0.05) is 29.8 Å². The van der Waals surface area contributed by atoms with Gasteiger partial charge in [0, 0.05) is 0 Å². The summed E-state index contributed by atoms with van der Waals surface area (Å²) in [6, 6.07) is 19.5. The Morgan fingerprint density at radius 3 is 2.44 bits per heavy atom. The highest BCUT2D eigenvalue weighted by Crippen LogP contribution is 2.28. The van der Waals surface area contributed by atoms with Crippen LogP contribution in [0.3, 0.4) is 0 Å². The molecule has 164 valence electrons. The molecule has 0 aromatic heterocycles. The number of hydrogen-bond donors (Lipinski definition) is 1. The number of methoxy groups -OCH3 is 1. The van der Waals surface area contributed by atoms with Crippen molar-refractivity contribution in [2.24, 2.45) is 5.10 Å². The van der Waals surface area contributed by atoms with E-state index >= 15 is 0 Å². The molecule has 1 amide bonds. The number of hydrazone groups is 1. The van der Waals surface area contributed by atoms with Gasteiger partial charge in [0.25, 0.3) is 5.91 Å². The first-order valence-corrected chi connectivity index (χ1v) is 9.93. The fourth-order valence-corrected chi connectivity index (χ4v) is 2.76. The Balaban J connectivity index is 1.56. The second kappa shape index (κ2) is 10.8. The number of carbonyl (C=O) groups is 2. The van der Waals surface area contributed by atoms with Crippen LogP contribution in [0.1, 0.15) is 27.0 Å². The van der Waals surface area contributed by atoms with Gasteiger partial charge in [0.15, 0.2) is 18.1 Å². The molecule has 0 unspecified atom stereocenters. The van der Waals surface area contributed by atoms with Crippen molar-refractivity contribution >= 4 is 18.1 Å². The number of carbonyl (C=O) groups excluding carboxylic acids is 2. The number of hydrogen-bond acceptors (Lipinski definition) is 6. The van der Waals surface area contributed by atoms with Gasteiger partial charge in [-0.15, -0.1) is 0 Å². The number of rotatable bonds is 8. The van der Waals surface area contributed by atoms with Crippen LogP contribution in [0.15, 0.2) is 71.8 Å². The van der Waals surface area contributed by atoms with Crippen molar-refractivity contribution in [3.8, 4) is 17.2 Å². The third-order valence-electron chi connectivity index (χ3n) is 4.44. The largest absolute Gasteiger partial charge is 0.493 e. The lowest BCUT2D eigenvalue weighted by Crippen LogP contribution is -2.24. The first-order chi connectivity index (χ1) is 15.4. The quantitative estimate of drug-likeness (QED) is 0.251. The van der Waals surface area contributed by atoms with Gasteiger partial charge >= 0.3 is 5.97 Å². The van der Waals surface area contributed by atoms with E-state index in [4.69, 9.17) is 14.2 Å². The van der Waals surface area contributed by atoms with Crippen LogP contribution in [0.2, 0.25) is 0 Å². The van der Waals surface area contributed by atoms with Gasteiger partial charge in [-0.05, 0) is 67.4 Å². The number of benzene rings is 3. The molecule has 0 bridgehead atoms. The first kappa shape index (κ1) is 22.6. The number of ether oxygens (including phenoxy) is 3. The summed E-state index contributed by atoms with van der Waals surface area (Å²) in [6.07, 6.45) is 1.46. The Hall–Kier alpha value is -4.13. The van der Waals surface area contributed by atoms with E-state index in [0.717, 1.165) is 11.1 Å². The molecule has 0 heterocycles. The van der Waals surface area contributed by atoms with Gasteiger partial charge in [0.1, 0.15) is 5.75 Å². The maximum absolute atomic E-state index is 12.3. The Bertz CT molecular complexity index is 1120. The normalized spacial score (nSPS) is 10.6. The summed E-state index contributed by atoms with van der Waals surface area (Å²) in [5.41, 5.74) is 5.60. The van der Waals surface area contributed by atoms with E-state index in [2.05, 4.69) is 10.5 Å². The summed E-state index contributed by atoms with van der Waals surface area (Å²) in [6.45, 7) is 3.73. The zero-order chi connectivity index (χ0) is 22.9. The standard InChI is InChI=1S/C25H24N2O5/c1-17-7-10-20(11-8-17)25(29)32-22-12-9-19(14-23(22)30-3)15-26-27-24(28)16-31-21-6-4-5-18(2)13-21/h4-15H,16H2,1-3H3,(H,27,28)/b26-15-. The van der Waals surface area contributed by atoms with E-state index in [1.54, 1.807) is 36.4 Å². The van der Waals surface area contributed by atoms with Crippen molar-refractivity contribution in [1.82, 2.24) is 5.43 Å². The van der Waals surface area contributed by atoms with Gasteiger partial charge in [-0.3, -0.25) is 4.79 Å². The van der Waals surface area contributed by atoms with Crippen molar-refractivity contribution in [1.29, 1.82) is 0 Å². The average molecular weight is 432 g/mol. The summed E-state index contributed by atoms with van der Waals surface area (Å²) >= 11 is 0. The molecule has 0 atom stereocenters. The zero-order valence-electron chi connectivity index (χ0n) is 18.1. The Morgan fingerprint density at radius 2 is 1.72 bits per heavy atom. The topological polar surface area (TPSA) is 86.2 Å². The van der Waals surface area contributed by atoms with Gasteiger partial charge in [-0.2, -0.15) is 5.10 Å². The summed E-state index contributed by atoms with van der Waals surface area (Å²) in [5.74, 6) is 0.392. The van der Waals surface area contributed by atoms with Crippen molar-refractivity contribution in [3.05, 3.63) is 89.0 Å². The van der Waals surface area contributed by atoms with E-state index in [1.807, 2.05) is 44.2 Å². The van der Waals surface area contributed by atoms with Gasteiger partial charge in [0.05, 0.1) is 18.9 Å². The SMILES string of the molecule is COc1cc(/C=N\NC(=O)COc2cccc(C)c2)ccc1OC(=O)c1ccc(C)cc1. The predicted octanol–water partition coefficient (Wildman–Crippen LogP) is 4.06. The summed E-state index contributed by atoms with van der Waals surface area (Å²) in [5, 5.41) is 3.93. The summed E-state index contributed by atoms with van der Waals surface area (Å²) in [7, 11) is 1.48. The van der Waals surface area contributed by atoms with Crippen LogP contribution in [0.4, 0.5) is 0 Å². The highest BCUT2D eigenvalue weighted by molar-refractivity contribution is 5.91. The maximum Gasteiger partial charge on any atom is 0.343 e. The van der Waals surface area contributed by atoms with Crippen LogP contribution >= 0.6 is 0 Å². The van der Waals surface area contributed by atoms with Crippen molar-refractivity contribution < 1.29 is 23.8 Å². The molecule has 0 aliphatic rings. The molecule has 0 saturated heterocycles. The van der Waals surface area contributed by atoms with E-state index in [-0.39, 0.29) is 12.4 Å². The Morgan fingerprint density at radius 1 is 0.938 bits per heavy atom. The van der Waals surface area contributed by atoms with E-state index in [0.29, 0.717) is 22.6 Å². The van der Waals surface area contributed by atoms with Crippen LogP contribution in [-0.4, -0.2) is 31.8 Å². The monoisotopic (exact) mass is 432 g/mol. The molecule has 0 aliphatic carbocycles. The molecule has 0 radical (unpaired) electrons. The first-order valence-electron chi connectivity index (χ1n) is 9.93. The molecule has 0 aliphatic heterocycles. The molecule has 7 nitrogen and oxygen atoms in total. The molecule has 0 saturated carbocycles. The highest BCUT2D eigenvalue weighted by Gasteiger charge is 2.12. The third-order valence-corrected chi connectivity index (χ3v) is 4.44. The molecule has 3 rings (SSSR count). The van der Waals surface area contributed by atoms with E-state index in [1.165, 1.54) is 13.3 Å². The number of amides is 1. The smallest absolute Gasteiger partial charge is 0.343 e. The number of nitrogens with one attached hydrogen (secondary N) is 1. The predicted molar refractivity (Wildman–Crippen MR) is 122 cm³/mol. The second-order valence-electron chi connectivity index (χ2n) is 7.06. The Labute approximate surface area is 186 Å². The molecule has 3 aromatic carbocycles. The van der Waals surface area contributed by atoms with E-state index < -0.39 is 11.9 Å². The lowest BCUT2D eigenvalue weighted by atomic mass is 10.1. The van der Waals surface area contributed by atoms with Crippen LogP contribution in [0, 0.1) is 13.8 Å². The van der Waals surface area contributed by atoms with E-state index in [9.17, 15) is 9.59 Å².